The van der Waals surface area contributed by atoms with Crippen LogP contribution in [0.1, 0.15) is 24.5 Å². The third kappa shape index (κ3) is 3.57. The van der Waals surface area contributed by atoms with Crippen LogP contribution in [-0.2, 0) is 4.79 Å². The number of pyridine rings is 1. The summed E-state index contributed by atoms with van der Waals surface area (Å²) in [5.41, 5.74) is 4.35. The van der Waals surface area contributed by atoms with Gasteiger partial charge < -0.3 is 10.6 Å². The third-order valence-electron chi connectivity index (χ3n) is 3.02. The van der Waals surface area contributed by atoms with E-state index in [1.807, 2.05) is 13.0 Å². The average Bonchev–Trinajstić information content (AvgIpc) is 2.45. The minimum absolute atomic E-state index is 0.0345. The van der Waals surface area contributed by atoms with Crippen LogP contribution >= 0.6 is 0 Å². The van der Waals surface area contributed by atoms with Crippen molar-refractivity contribution in [3.63, 3.8) is 0 Å². The van der Waals surface area contributed by atoms with Gasteiger partial charge in [-0.15, -0.1) is 0 Å². The van der Waals surface area contributed by atoms with Gasteiger partial charge in [0.15, 0.2) is 0 Å². The van der Waals surface area contributed by atoms with E-state index >= 15 is 0 Å². The first-order chi connectivity index (χ1) is 9.58. The summed E-state index contributed by atoms with van der Waals surface area (Å²) in [5.74, 6) is 0.538. The molecular weight excluding hydrogens is 250 g/mol. The average molecular weight is 269 g/mol. The topological polar surface area (TPSA) is 54.0 Å². The molecule has 0 aliphatic carbocycles. The van der Waals surface area contributed by atoms with Crippen molar-refractivity contribution in [1.29, 1.82) is 0 Å². The molecule has 20 heavy (non-hydrogen) atoms. The van der Waals surface area contributed by atoms with Gasteiger partial charge in [0.25, 0.3) is 0 Å². The van der Waals surface area contributed by atoms with Crippen molar-refractivity contribution in [3.8, 4) is 0 Å². The van der Waals surface area contributed by atoms with Crippen molar-refractivity contribution in [2.75, 3.05) is 10.6 Å². The quantitative estimate of drug-likeness (QED) is 0.887. The van der Waals surface area contributed by atoms with Crippen molar-refractivity contribution in [2.45, 2.75) is 27.2 Å². The number of rotatable bonds is 4. The molecule has 0 unspecified atom stereocenters. The molecule has 0 radical (unpaired) electrons. The molecule has 0 aliphatic rings. The number of benzene rings is 1. The highest BCUT2D eigenvalue weighted by molar-refractivity contribution is 5.89. The van der Waals surface area contributed by atoms with Crippen molar-refractivity contribution in [3.05, 3.63) is 47.7 Å². The van der Waals surface area contributed by atoms with E-state index < -0.39 is 0 Å². The first-order valence-electron chi connectivity index (χ1n) is 6.68. The molecule has 0 aliphatic heterocycles. The van der Waals surface area contributed by atoms with Crippen molar-refractivity contribution in [2.24, 2.45) is 0 Å². The zero-order valence-electron chi connectivity index (χ0n) is 12.0. The smallest absolute Gasteiger partial charge is 0.225 e. The second-order valence-corrected chi connectivity index (χ2v) is 4.78. The molecule has 1 heterocycles. The summed E-state index contributed by atoms with van der Waals surface area (Å²) in [6.07, 6.45) is 2.16. The molecule has 0 atom stereocenters. The summed E-state index contributed by atoms with van der Waals surface area (Å²) in [6, 6.07) is 9.96. The Morgan fingerprint density at radius 2 is 2.00 bits per heavy atom. The Balaban J connectivity index is 2.10. The van der Waals surface area contributed by atoms with Gasteiger partial charge in [0, 0.05) is 12.1 Å². The normalized spacial score (nSPS) is 10.2. The number of amides is 1. The first-order valence-corrected chi connectivity index (χ1v) is 6.68. The molecule has 1 aromatic heterocycles. The van der Waals surface area contributed by atoms with Gasteiger partial charge in [-0.1, -0.05) is 19.1 Å². The molecular formula is C16H19N3O. The lowest BCUT2D eigenvalue weighted by Crippen LogP contribution is -2.10. The van der Waals surface area contributed by atoms with Gasteiger partial charge >= 0.3 is 0 Å². The highest BCUT2D eigenvalue weighted by Gasteiger charge is 2.02. The van der Waals surface area contributed by atoms with E-state index in [0.29, 0.717) is 12.2 Å². The van der Waals surface area contributed by atoms with E-state index in [4.69, 9.17) is 0 Å². The molecule has 2 N–H and O–H groups in total. The Hall–Kier alpha value is -2.36. The van der Waals surface area contributed by atoms with Crippen LogP contribution in [0.25, 0.3) is 0 Å². The van der Waals surface area contributed by atoms with Gasteiger partial charge in [-0.2, -0.15) is 0 Å². The number of nitrogens with zero attached hydrogens (tertiary/aromatic N) is 1. The number of hydrogen-bond acceptors (Lipinski definition) is 3. The summed E-state index contributed by atoms with van der Waals surface area (Å²) in [6.45, 7) is 5.93. The maximum Gasteiger partial charge on any atom is 0.225 e. The number of hydrogen-bond donors (Lipinski definition) is 2. The Bertz CT molecular complexity index is 606. The van der Waals surface area contributed by atoms with Crippen LogP contribution in [0, 0.1) is 13.8 Å². The minimum Gasteiger partial charge on any atom is -0.354 e. The number of carbonyl (C=O) groups excluding carboxylic acids is 1. The van der Waals surface area contributed by atoms with Crippen molar-refractivity contribution in [1.82, 2.24) is 4.98 Å². The molecule has 2 aromatic rings. The molecule has 4 nitrogen and oxygen atoms in total. The standard InChI is InChI=1S/C16H19N3O/c1-4-16(20)19-15-8-7-13(10-17-15)18-14-9-11(2)5-6-12(14)3/h5-10,18H,4H2,1-3H3,(H,17,19,20). The molecule has 1 aromatic carbocycles. The molecule has 0 saturated carbocycles. The Morgan fingerprint density at radius 3 is 2.65 bits per heavy atom. The maximum absolute atomic E-state index is 11.3. The molecule has 0 fully saturated rings. The van der Waals surface area contributed by atoms with Crippen LogP contribution in [0.15, 0.2) is 36.5 Å². The largest absolute Gasteiger partial charge is 0.354 e. The van der Waals surface area contributed by atoms with E-state index in [1.54, 1.807) is 12.3 Å². The lowest BCUT2D eigenvalue weighted by atomic mass is 10.1. The fourth-order valence-electron chi connectivity index (χ4n) is 1.80. The van der Waals surface area contributed by atoms with E-state index in [-0.39, 0.29) is 5.91 Å². The first kappa shape index (κ1) is 14.1. The molecule has 0 saturated heterocycles. The highest BCUT2D eigenvalue weighted by atomic mass is 16.1. The van der Waals surface area contributed by atoms with Crippen molar-refractivity contribution >= 4 is 23.1 Å². The van der Waals surface area contributed by atoms with E-state index in [2.05, 4.69) is 47.7 Å². The van der Waals surface area contributed by atoms with Crippen LogP contribution in [0.3, 0.4) is 0 Å². The second-order valence-electron chi connectivity index (χ2n) is 4.78. The SMILES string of the molecule is CCC(=O)Nc1ccc(Nc2cc(C)ccc2C)cn1. The third-order valence-corrected chi connectivity index (χ3v) is 3.02. The van der Waals surface area contributed by atoms with Crippen LogP contribution in [0.4, 0.5) is 17.2 Å². The summed E-state index contributed by atoms with van der Waals surface area (Å²) in [5, 5.41) is 6.06. The fourth-order valence-corrected chi connectivity index (χ4v) is 1.80. The van der Waals surface area contributed by atoms with Gasteiger partial charge in [0.1, 0.15) is 5.82 Å². The number of nitrogens with one attached hydrogen (secondary N) is 2. The van der Waals surface area contributed by atoms with Gasteiger partial charge in [0.2, 0.25) is 5.91 Å². The second kappa shape index (κ2) is 6.19. The van der Waals surface area contributed by atoms with Crippen LogP contribution in [0.5, 0.6) is 0 Å². The Labute approximate surface area is 119 Å². The fraction of sp³-hybridized carbons (Fsp3) is 0.250. The highest BCUT2D eigenvalue weighted by Crippen LogP contribution is 2.21. The van der Waals surface area contributed by atoms with Crippen LogP contribution in [0.2, 0.25) is 0 Å². The summed E-state index contributed by atoms with van der Waals surface area (Å²) >= 11 is 0. The van der Waals surface area contributed by atoms with Crippen LogP contribution < -0.4 is 10.6 Å². The Morgan fingerprint density at radius 1 is 1.20 bits per heavy atom. The predicted molar refractivity (Wildman–Crippen MR) is 82.4 cm³/mol. The minimum atomic E-state index is -0.0345. The molecule has 0 spiro atoms. The molecule has 0 bridgehead atoms. The lowest BCUT2D eigenvalue weighted by molar-refractivity contribution is -0.115. The maximum atomic E-state index is 11.3. The monoisotopic (exact) mass is 269 g/mol. The molecule has 4 heteroatoms. The zero-order valence-corrected chi connectivity index (χ0v) is 12.0. The van der Waals surface area contributed by atoms with E-state index in [1.165, 1.54) is 11.1 Å². The lowest BCUT2D eigenvalue weighted by Gasteiger charge is -2.11. The molecule has 1 amide bonds. The number of anilines is 3. The summed E-state index contributed by atoms with van der Waals surface area (Å²) in [7, 11) is 0. The zero-order chi connectivity index (χ0) is 14.5. The van der Waals surface area contributed by atoms with Crippen molar-refractivity contribution < 1.29 is 4.79 Å². The van der Waals surface area contributed by atoms with Crippen LogP contribution in [-0.4, -0.2) is 10.9 Å². The van der Waals surface area contributed by atoms with Gasteiger partial charge in [0.05, 0.1) is 11.9 Å². The molecule has 2 rings (SSSR count). The van der Waals surface area contributed by atoms with Gasteiger partial charge in [-0.25, -0.2) is 4.98 Å². The van der Waals surface area contributed by atoms with Gasteiger partial charge in [-0.3, -0.25) is 4.79 Å². The number of aromatic nitrogens is 1. The summed E-state index contributed by atoms with van der Waals surface area (Å²) < 4.78 is 0. The van der Waals surface area contributed by atoms with E-state index in [9.17, 15) is 4.79 Å². The molecule has 104 valence electrons. The number of aryl methyl sites for hydroxylation is 2. The number of carbonyl (C=O) groups is 1. The summed E-state index contributed by atoms with van der Waals surface area (Å²) in [4.78, 5) is 15.5. The van der Waals surface area contributed by atoms with Gasteiger partial charge in [-0.05, 0) is 43.2 Å². The Kier molecular flexibility index (Phi) is 4.35. The predicted octanol–water partition coefficient (Wildman–Crippen LogP) is 3.79. The van der Waals surface area contributed by atoms with E-state index in [0.717, 1.165) is 11.4 Å².